The average Bonchev–Trinajstić information content (AvgIpc) is 2.60. The summed E-state index contributed by atoms with van der Waals surface area (Å²) >= 11 is 0. The van der Waals surface area contributed by atoms with Crippen LogP contribution in [0.3, 0.4) is 0 Å². The van der Waals surface area contributed by atoms with Crippen molar-refractivity contribution in [2.24, 2.45) is 5.84 Å². The first-order valence-corrected chi connectivity index (χ1v) is 8.54. The first-order valence-electron chi connectivity index (χ1n) is 8.54. The fourth-order valence-corrected chi connectivity index (χ4v) is 2.18. The van der Waals surface area contributed by atoms with Crippen LogP contribution in [0.2, 0.25) is 0 Å². The second-order valence-electron chi connectivity index (χ2n) is 6.89. The fourth-order valence-electron chi connectivity index (χ4n) is 2.18. The molecule has 0 atom stereocenters. The van der Waals surface area contributed by atoms with Crippen molar-refractivity contribution in [1.29, 1.82) is 0 Å². The van der Waals surface area contributed by atoms with Gasteiger partial charge in [-0.1, -0.05) is 0 Å². The van der Waals surface area contributed by atoms with Crippen LogP contribution in [0, 0.1) is 0 Å². The number of morpholine rings is 1. The Labute approximate surface area is 153 Å². The largest absolute Gasteiger partial charge is 0.476 e. The summed E-state index contributed by atoms with van der Waals surface area (Å²) < 4.78 is 16.3. The molecular weight excluding hydrogens is 340 g/mol. The van der Waals surface area contributed by atoms with Gasteiger partial charge in [0.05, 0.1) is 19.8 Å². The predicted octanol–water partition coefficient (Wildman–Crippen LogP) is 0.845. The van der Waals surface area contributed by atoms with Gasteiger partial charge in [0.1, 0.15) is 18.0 Å². The lowest BCUT2D eigenvalue weighted by Crippen LogP contribution is -2.37. The van der Waals surface area contributed by atoms with Gasteiger partial charge in [-0.3, -0.25) is 0 Å². The molecule has 0 saturated carbocycles. The van der Waals surface area contributed by atoms with Gasteiger partial charge in [0.15, 0.2) is 0 Å². The predicted molar refractivity (Wildman–Crippen MR) is 97.2 cm³/mol. The smallest absolute Gasteiger partial charge is 0.410 e. The number of rotatable bonds is 6. The van der Waals surface area contributed by atoms with Crippen LogP contribution in [0.25, 0.3) is 0 Å². The molecule has 0 unspecified atom stereocenters. The maximum atomic E-state index is 11.9. The van der Waals surface area contributed by atoms with Crippen LogP contribution in [-0.4, -0.2) is 73.1 Å². The molecule has 10 heteroatoms. The molecular formula is C16H28N6O4. The second-order valence-corrected chi connectivity index (χ2v) is 6.89. The molecule has 0 bridgehead atoms. The van der Waals surface area contributed by atoms with Gasteiger partial charge in [-0.25, -0.2) is 10.6 Å². The standard InChI is InChI=1S/C16H28N6O4/c1-16(2,3)26-15(23)21(4)5-10-25-13-11-12(20-17)18-14(19-13)22-6-8-24-9-7-22/h11H,5-10,17H2,1-4H3,(H,18,19,20). The first kappa shape index (κ1) is 20.0. The first-order chi connectivity index (χ1) is 12.3. The van der Waals surface area contributed by atoms with Gasteiger partial charge in [0.2, 0.25) is 11.8 Å². The van der Waals surface area contributed by atoms with Crippen LogP contribution in [0.1, 0.15) is 20.8 Å². The number of aromatic nitrogens is 2. The lowest BCUT2D eigenvalue weighted by molar-refractivity contribution is 0.0277. The number of amides is 1. The third-order valence-corrected chi connectivity index (χ3v) is 3.51. The van der Waals surface area contributed by atoms with E-state index in [0.717, 1.165) is 0 Å². The Balaban J connectivity index is 1.93. The van der Waals surface area contributed by atoms with E-state index in [4.69, 9.17) is 20.1 Å². The van der Waals surface area contributed by atoms with Crippen molar-refractivity contribution in [2.75, 3.05) is 56.8 Å². The number of likely N-dealkylation sites (N-methyl/N-ethyl adjacent to an activating group) is 1. The number of carbonyl (C=O) groups excluding carboxylic acids is 1. The summed E-state index contributed by atoms with van der Waals surface area (Å²) in [6.07, 6.45) is -0.401. The molecule has 1 saturated heterocycles. The molecule has 0 aliphatic carbocycles. The topological polar surface area (TPSA) is 115 Å². The number of nitrogens with zero attached hydrogens (tertiary/aromatic N) is 4. The summed E-state index contributed by atoms with van der Waals surface area (Å²) in [5, 5.41) is 0. The minimum atomic E-state index is -0.534. The molecule has 1 aliphatic heterocycles. The van der Waals surface area contributed by atoms with Crippen LogP contribution < -0.4 is 20.9 Å². The van der Waals surface area contributed by atoms with Crippen molar-refractivity contribution in [3.8, 4) is 5.88 Å². The van der Waals surface area contributed by atoms with Crippen molar-refractivity contribution in [1.82, 2.24) is 14.9 Å². The highest BCUT2D eigenvalue weighted by molar-refractivity contribution is 5.67. The maximum absolute atomic E-state index is 11.9. The van der Waals surface area contributed by atoms with Crippen LogP contribution in [0.15, 0.2) is 6.07 Å². The van der Waals surface area contributed by atoms with Crippen molar-refractivity contribution in [3.63, 3.8) is 0 Å². The quantitative estimate of drug-likeness (QED) is 0.557. The molecule has 0 aromatic carbocycles. The minimum Gasteiger partial charge on any atom is -0.476 e. The Morgan fingerprint density at radius 2 is 2.08 bits per heavy atom. The van der Waals surface area contributed by atoms with E-state index in [1.807, 2.05) is 25.7 Å². The van der Waals surface area contributed by atoms with Gasteiger partial charge in [0, 0.05) is 26.2 Å². The highest BCUT2D eigenvalue weighted by Gasteiger charge is 2.20. The number of nitrogen functional groups attached to an aromatic ring is 1. The van der Waals surface area contributed by atoms with Gasteiger partial charge in [-0.15, -0.1) is 0 Å². The summed E-state index contributed by atoms with van der Waals surface area (Å²) in [6.45, 7) is 8.75. The summed E-state index contributed by atoms with van der Waals surface area (Å²) in [5.74, 6) is 6.85. The summed E-state index contributed by atoms with van der Waals surface area (Å²) in [7, 11) is 1.66. The van der Waals surface area contributed by atoms with Gasteiger partial charge in [-0.2, -0.15) is 9.97 Å². The molecule has 0 spiro atoms. The fraction of sp³-hybridized carbons (Fsp3) is 0.688. The number of ether oxygens (including phenoxy) is 3. The van der Waals surface area contributed by atoms with E-state index in [1.165, 1.54) is 4.90 Å². The number of hydrogen-bond donors (Lipinski definition) is 2. The zero-order chi connectivity index (χ0) is 19.2. The molecule has 1 aromatic rings. The number of nitrogens with two attached hydrogens (primary N) is 1. The van der Waals surface area contributed by atoms with E-state index in [-0.39, 0.29) is 6.61 Å². The molecule has 1 fully saturated rings. The maximum Gasteiger partial charge on any atom is 0.410 e. The van der Waals surface area contributed by atoms with Gasteiger partial charge < -0.3 is 29.4 Å². The highest BCUT2D eigenvalue weighted by Crippen LogP contribution is 2.19. The summed E-state index contributed by atoms with van der Waals surface area (Å²) in [4.78, 5) is 24.2. The van der Waals surface area contributed by atoms with Crippen molar-refractivity contribution in [2.45, 2.75) is 26.4 Å². The van der Waals surface area contributed by atoms with E-state index in [2.05, 4.69) is 15.4 Å². The number of hydrogen-bond acceptors (Lipinski definition) is 9. The van der Waals surface area contributed by atoms with Gasteiger partial charge in [-0.05, 0) is 20.8 Å². The van der Waals surface area contributed by atoms with Crippen LogP contribution in [0.5, 0.6) is 5.88 Å². The van der Waals surface area contributed by atoms with Crippen molar-refractivity contribution >= 4 is 17.9 Å². The molecule has 1 amide bonds. The minimum absolute atomic E-state index is 0.263. The van der Waals surface area contributed by atoms with Crippen molar-refractivity contribution in [3.05, 3.63) is 6.07 Å². The summed E-state index contributed by atoms with van der Waals surface area (Å²) in [5.41, 5.74) is 1.98. The van der Waals surface area contributed by atoms with Crippen LogP contribution >= 0.6 is 0 Å². The lowest BCUT2D eigenvalue weighted by Gasteiger charge is -2.27. The molecule has 1 aliphatic rings. The molecule has 1 aromatic heterocycles. The third kappa shape index (κ3) is 6.19. The van der Waals surface area contributed by atoms with E-state index >= 15 is 0 Å². The zero-order valence-electron chi connectivity index (χ0n) is 15.8. The number of carbonyl (C=O) groups is 1. The number of nitrogens with one attached hydrogen (secondary N) is 1. The van der Waals surface area contributed by atoms with E-state index in [1.54, 1.807) is 13.1 Å². The molecule has 146 valence electrons. The average molecular weight is 368 g/mol. The normalized spacial score (nSPS) is 14.7. The van der Waals surface area contributed by atoms with E-state index in [0.29, 0.717) is 50.5 Å². The second kappa shape index (κ2) is 8.86. The highest BCUT2D eigenvalue weighted by atomic mass is 16.6. The molecule has 3 N–H and O–H groups in total. The van der Waals surface area contributed by atoms with Crippen LogP contribution in [0.4, 0.5) is 16.6 Å². The van der Waals surface area contributed by atoms with Crippen molar-refractivity contribution < 1.29 is 19.0 Å². The van der Waals surface area contributed by atoms with E-state index < -0.39 is 11.7 Å². The van der Waals surface area contributed by atoms with Gasteiger partial charge >= 0.3 is 6.09 Å². The molecule has 2 heterocycles. The monoisotopic (exact) mass is 368 g/mol. The van der Waals surface area contributed by atoms with Gasteiger partial charge in [0.25, 0.3) is 0 Å². The number of hydrazine groups is 1. The van der Waals surface area contributed by atoms with Crippen LogP contribution in [-0.2, 0) is 9.47 Å². The Bertz CT molecular complexity index is 601. The number of anilines is 2. The Kier molecular flexibility index (Phi) is 6.81. The molecule has 10 nitrogen and oxygen atoms in total. The Hall–Kier alpha value is -2.33. The SMILES string of the molecule is CN(CCOc1cc(NN)nc(N2CCOCC2)n1)C(=O)OC(C)(C)C. The Morgan fingerprint density at radius 3 is 2.69 bits per heavy atom. The van der Waals surface area contributed by atoms with E-state index in [9.17, 15) is 4.79 Å². The molecule has 2 rings (SSSR count). The zero-order valence-corrected chi connectivity index (χ0v) is 15.8. The molecule has 0 radical (unpaired) electrons. The lowest BCUT2D eigenvalue weighted by atomic mass is 10.2. The Morgan fingerprint density at radius 1 is 1.38 bits per heavy atom. The summed E-state index contributed by atoms with van der Waals surface area (Å²) in [6, 6.07) is 1.61. The molecule has 26 heavy (non-hydrogen) atoms. The third-order valence-electron chi connectivity index (χ3n) is 3.51.